The number of halogens is 1. The van der Waals surface area contributed by atoms with E-state index in [1.165, 1.54) is 0 Å². The molecule has 1 unspecified atom stereocenters. The molecule has 1 aliphatic rings. The lowest BCUT2D eigenvalue weighted by Gasteiger charge is -1.99. The van der Waals surface area contributed by atoms with Crippen LogP contribution in [0.1, 0.15) is 32.1 Å². The molecule has 0 heterocycles. The van der Waals surface area contributed by atoms with Gasteiger partial charge in [0.05, 0.1) is 5.38 Å². The first-order chi connectivity index (χ1) is 6.39. The molecule has 0 aromatic rings. The summed E-state index contributed by atoms with van der Waals surface area (Å²) in [7, 11) is 0. The molecule has 0 spiro atoms. The number of hydrogen-bond acceptors (Lipinski definition) is 0. The van der Waals surface area contributed by atoms with Gasteiger partial charge in [0.2, 0.25) is 0 Å². The Morgan fingerprint density at radius 2 is 1.31 bits per heavy atom. The van der Waals surface area contributed by atoms with Crippen LogP contribution in [0.25, 0.3) is 0 Å². The summed E-state index contributed by atoms with van der Waals surface area (Å²) in [5, 5.41) is 0.180. The van der Waals surface area contributed by atoms with Gasteiger partial charge in [-0.2, -0.15) is 0 Å². The third-order valence-corrected chi connectivity index (χ3v) is 2.36. The van der Waals surface area contributed by atoms with Crippen molar-refractivity contribution in [1.82, 2.24) is 0 Å². The van der Waals surface area contributed by atoms with Gasteiger partial charge >= 0.3 is 0 Å². The second-order valence-electron chi connectivity index (χ2n) is 3.28. The van der Waals surface area contributed by atoms with Crippen molar-refractivity contribution in [3.05, 3.63) is 36.5 Å². The first-order valence-electron chi connectivity index (χ1n) is 5.00. The van der Waals surface area contributed by atoms with Crippen molar-refractivity contribution in [3.63, 3.8) is 0 Å². The smallest absolute Gasteiger partial charge is 0.0550 e. The summed E-state index contributed by atoms with van der Waals surface area (Å²) >= 11 is 6.06. The van der Waals surface area contributed by atoms with Crippen LogP contribution < -0.4 is 0 Å². The number of allylic oxidation sites excluding steroid dienone is 6. The summed E-state index contributed by atoms with van der Waals surface area (Å²) in [5.74, 6) is 0. The van der Waals surface area contributed by atoms with Gasteiger partial charge in [0.1, 0.15) is 0 Å². The van der Waals surface area contributed by atoms with E-state index in [1.54, 1.807) is 0 Å². The highest BCUT2D eigenvalue weighted by Crippen LogP contribution is 2.08. The Bertz CT molecular complexity index is 201. The zero-order valence-corrected chi connectivity index (χ0v) is 8.71. The van der Waals surface area contributed by atoms with Crippen LogP contribution in [0, 0.1) is 0 Å². The fourth-order valence-corrected chi connectivity index (χ4v) is 1.49. The Morgan fingerprint density at radius 1 is 0.769 bits per heavy atom. The molecule has 1 heteroatoms. The van der Waals surface area contributed by atoms with Gasteiger partial charge in [-0.1, -0.05) is 36.5 Å². The Labute approximate surface area is 86.0 Å². The molecule has 0 N–H and O–H groups in total. The van der Waals surface area contributed by atoms with Gasteiger partial charge in [0, 0.05) is 0 Å². The Balaban J connectivity index is 2.41. The monoisotopic (exact) mass is 196 g/mol. The lowest BCUT2D eigenvalue weighted by atomic mass is 10.1. The third-order valence-electron chi connectivity index (χ3n) is 2.04. The number of hydrogen-bond donors (Lipinski definition) is 0. The average molecular weight is 197 g/mol. The Kier molecular flexibility index (Phi) is 5.67. The number of alkyl halides is 1. The molecule has 1 aliphatic carbocycles. The van der Waals surface area contributed by atoms with E-state index in [0.29, 0.717) is 0 Å². The maximum Gasteiger partial charge on any atom is 0.0550 e. The molecule has 0 aromatic carbocycles. The molecular weight excluding hydrogens is 180 g/mol. The minimum Gasteiger partial charge on any atom is -0.118 e. The molecule has 13 heavy (non-hydrogen) atoms. The molecule has 0 fully saturated rings. The van der Waals surface area contributed by atoms with Crippen molar-refractivity contribution < 1.29 is 0 Å². The summed E-state index contributed by atoms with van der Waals surface area (Å²) < 4.78 is 0. The van der Waals surface area contributed by atoms with Crippen molar-refractivity contribution in [1.29, 1.82) is 0 Å². The van der Waals surface area contributed by atoms with E-state index in [9.17, 15) is 0 Å². The van der Waals surface area contributed by atoms with Gasteiger partial charge in [0.25, 0.3) is 0 Å². The van der Waals surface area contributed by atoms with E-state index in [4.69, 9.17) is 11.6 Å². The molecule has 0 aromatic heterocycles. The van der Waals surface area contributed by atoms with E-state index in [2.05, 4.69) is 36.5 Å². The standard InChI is InChI=1S/C12H17Cl/c13-12-10-8-6-4-2-1-3-5-7-9-11-12/h1-2,7-10,12H,3-6,11H2/b2-1-,9-7+,10-8-. The van der Waals surface area contributed by atoms with Crippen LogP contribution in [0.2, 0.25) is 0 Å². The Morgan fingerprint density at radius 3 is 2.00 bits per heavy atom. The molecule has 0 aliphatic heterocycles. The minimum absolute atomic E-state index is 0.180. The highest BCUT2D eigenvalue weighted by Gasteiger charge is 1.94. The van der Waals surface area contributed by atoms with Crippen molar-refractivity contribution in [3.8, 4) is 0 Å². The average Bonchev–Trinajstić information content (AvgIpc) is 2.11. The second-order valence-corrected chi connectivity index (χ2v) is 3.84. The molecule has 0 saturated heterocycles. The lowest BCUT2D eigenvalue weighted by molar-refractivity contribution is 0.965. The van der Waals surface area contributed by atoms with E-state index in [-0.39, 0.29) is 5.38 Å². The normalized spacial score (nSPS) is 32.5. The molecule has 0 bridgehead atoms. The van der Waals surface area contributed by atoms with Crippen molar-refractivity contribution >= 4 is 11.6 Å². The Hall–Kier alpha value is -0.490. The number of rotatable bonds is 0. The van der Waals surface area contributed by atoms with E-state index < -0.39 is 0 Å². The van der Waals surface area contributed by atoms with Crippen molar-refractivity contribution in [2.24, 2.45) is 0 Å². The van der Waals surface area contributed by atoms with Gasteiger partial charge in [-0.25, -0.2) is 0 Å². The highest BCUT2D eigenvalue weighted by molar-refractivity contribution is 6.21. The maximum absolute atomic E-state index is 6.06. The van der Waals surface area contributed by atoms with Gasteiger partial charge in [0.15, 0.2) is 0 Å². The first kappa shape index (κ1) is 10.6. The molecule has 0 nitrogen and oxygen atoms in total. The predicted octanol–water partition coefficient (Wildman–Crippen LogP) is 4.23. The third kappa shape index (κ3) is 5.70. The predicted molar refractivity (Wildman–Crippen MR) is 60.1 cm³/mol. The van der Waals surface area contributed by atoms with Gasteiger partial charge < -0.3 is 0 Å². The maximum atomic E-state index is 6.06. The van der Waals surface area contributed by atoms with Crippen LogP contribution in [0.15, 0.2) is 36.5 Å². The fourth-order valence-electron chi connectivity index (χ4n) is 1.29. The van der Waals surface area contributed by atoms with Crippen LogP contribution >= 0.6 is 11.6 Å². The summed E-state index contributed by atoms with van der Waals surface area (Å²) in [6.45, 7) is 0. The SMILES string of the molecule is ClC1/C=C\CC/C=C\CC/C=C/C1. The zero-order valence-electron chi connectivity index (χ0n) is 7.95. The summed E-state index contributed by atoms with van der Waals surface area (Å²) in [6, 6.07) is 0. The molecule has 1 rings (SSSR count). The largest absolute Gasteiger partial charge is 0.118 e. The van der Waals surface area contributed by atoms with Crippen molar-refractivity contribution in [2.45, 2.75) is 37.5 Å². The summed E-state index contributed by atoms with van der Waals surface area (Å²) in [6.07, 6.45) is 18.7. The quantitative estimate of drug-likeness (QED) is 0.402. The van der Waals surface area contributed by atoms with Crippen LogP contribution in [-0.4, -0.2) is 5.38 Å². The highest BCUT2D eigenvalue weighted by atomic mass is 35.5. The lowest BCUT2D eigenvalue weighted by Crippen LogP contribution is -1.89. The van der Waals surface area contributed by atoms with E-state index in [1.807, 2.05) is 0 Å². The molecular formula is C12H17Cl. The van der Waals surface area contributed by atoms with Gasteiger partial charge in [-0.05, 0) is 32.1 Å². The van der Waals surface area contributed by atoms with Crippen molar-refractivity contribution in [2.75, 3.05) is 0 Å². The van der Waals surface area contributed by atoms with Crippen LogP contribution in [0.3, 0.4) is 0 Å². The summed E-state index contributed by atoms with van der Waals surface area (Å²) in [4.78, 5) is 0. The second kappa shape index (κ2) is 6.97. The molecule has 72 valence electrons. The van der Waals surface area contributed by atoms with E-state index in [0.717, 1.165) is 32.1 Å². The van der Waals surface area contributed by atoms with Crippen LogP contribution in [0.5, 0.6) is 0 Å². The zero-order chi connectivity index (χ0) is 9.36. The van der Waals surface area contributed by atoms with Gasteiger partial charge in [-0.15, -0.1) is 11.6 Å². The first-order valence-corrected chi connectivity index (χ1v) is 5.44. The van der Waals surface area contributed by atoms with Crippen LogP contribution in [0.4, 0.5) is 0 Å². The van der Waals surface area contributed by atoms with Crippen LogP contribution in [-0.2, 0) is 0 Å². The molecule has 0 amide bonds. The van der Waals surface area contributed by atoms with E-state index >= 15 is 0 Å². The molecule has 1 atom stereocenters. The molecule has 0 saturated carbocycles. The topological polar surface area (TPSA) is 0 Å². The molecule has 0 radical (unpaired) electrons. The summed E-state index contributed by atoms with van der Waals surface area (Å²) in [5.41, 5.74) is 0. The fraction of sp³-hybridized carbons (Fsp3) is 0.500. The minimum atomic E-state index is 0.180. The van der Waals surface area contributed by atoms with Gasteiger partial charge in [-0.3, -0.25) is 0 Å².